The van der Waals surface area contributed by atoms with Crippen LogP contribution in [0.2, 0.25) is 0 Å². The van der Waals surface area contributed by atoms with E-state index < -0.39 is 23.0 Å². The third-order valence-electron chi connectivity index (χ3n) is 9.39. The van der Waals surface area contributed by atoms with Crippen molar-refractivity contribution in [2.75, 3.05) is 11.5 Å². The number of nitrogens with one attached hydrogen (secondary N) is 1. The molecule has 9 heteroatoms. The smallest absolute Gasteiger partial charge is 0.316 e. The second-order valence-electron chi connectivity index (χ2n) is 10.9. The molecule has 4 rings (SSSR count). The molecule has 0 spiro atoms. The van der Waals surface area contributed by atoms with Crippen LogP contribution in [0.25, 0.3) is 0 Å². The molecule has 2 bridgehead atoms. The predicted molar refractivity (Wildman–Crippen MR) is 126 cm³/mol. The normalized spacial score (nSPS) is 42.8. The van der Waals surface area contributed by atoms with Gasteiger partial charge in [-0.25, -0.2) is 0 Å². The van der Waals surface area contributed by atoms with E-state index in [-0.39, 0.29) is 46.6 Å². The van der Waals surface area contributed by atoms with Crippen molar-refractivity contribution in [1.29, 1.82) is 0 Å². The highest BCUT2D eigenvalue weighted by molar-refractivity contribution is 7.99. The summed E-state index contributed by atoms with van der Waals surface area (Å²) in [6, 6.07) is 0. The molecule has 1 aromatic rings. The van der Waals surface area contributed by atoms with Gasteiger partial charge in [0.2, 0.25) is 5.95 Å². The molecule has 0 aromatic carbocycles. The number of esters is 1. The molecule has 1 aromatic heterocycles. The van der Waals surface area contributed by atoms with E-state index in [4.69, 9.17) is 10.5 Å². The van der Waals surface area contributed by atoms with Gasteiger partial charge in [0.1, 0.15) is 11.9 Å². The number of aliphatic hydroxyl groups is 1. The van der Waals surface area contributed by atoms with Gasteiger partial charge >= 0.3 is 5.97 Å². The van der Waals surface area contributed by atoms with Crippen LogP contribution in [0.4, 0.5) is 5.95 Å². The number of thioether (sulfide) groups is 1. The Bertz CT molecular complexity index is 953. The highest BCUT2D eigenvalue weighted by Gasteiger charge is 2.68. The summed E-state index contributed by atoms with van der Waals surface area (Å²) in [6.07, 6.45) is 4.21. The number of rotatable bonds is 5. The number of ether oxygens (including phenoxy) is 1. The number of nitrogens with two attached hydrogens (primary N) is 1. The van der Waals surface area contributed by atoms with Crippen molar-refractivity contribution in [1.82, 2.24) is 15.2 Å². The maximum atomic E-state index is 13.4. The average Bonchev–Trinajstić information content (AvgIpc) is 3.36. The Kier molecular flexibility index (Phi) is 6.18. The Hall–Kier alpha value is -1.87. The monoisotopic (exact) mass is 476 g/mol. The number of Topliss-reactive ketones (excluding diaryl/α,β-unsaturated/α-hetero) is 1. The Morgan fingerprint density at radius 1 is 1.36 bits per heavy atom. The molecule has 2 unspecified atom stereocenters. The second kappa shape index (κ2) is 8.41. The molecule has 3 aliphatic carbocycles. The Balaban J connectivity index is 1.70. The maximum Gasteiger partial charge on any atom is 0.316 e. The van der Waals surface area contributed by atoms with Crippen LogP contribution in [0.1, 0.15) is 59.8 Å². The van der Waals surface area contributed by atoms with Crippen LogP contribution in [0.15, 0.2) is 17.8 Å². The number of nitrogen functional groups attached to an aromatic ring is 1. The zero-order chi connectivity index (χ0) is 24.2. The summed E-state index contributed by atoms with van der Waals surface area (Å²) >= 11 is 1.18. The number of aromatic amines is 1. The average molecular weight is 477 g/mol. The standard InChI is InChI=1S/C24H36N4O4S/c1-6-22(4)11-16(32-17(30)12-33-21-26-20(25)27-28-21)23(5)13(2)7-9-24(14(3)19(22)31)10-8-15(29)18(23)24/h6,13-14,16,18-19,31H,1,7-12H2,2-5H3,(H3,25,26,27,28)/t13-,14+,16-,18?,19+,22+,23+,24?/m1/s1. The number of aliphatic hydroxyl groups excluding tert-OH is 1. The topological polar surface area (TPSA) is 131 Å². The molecule has 0 saturated heterocycles. The van der Waals surface area contributed by atoms with Gasteiger partial charge in [-0.05, 0) is 42.9 Å². The lowest BCUT2D eigenvalue weighted by Gasteiger charge is -2.61. The first-order valence-corrected chi connectivity index (χ1v) is 12.8. The summed E-state index contributed by atoms with van der Waals surface area (Å²) in [7, 11) is 0. The Labute approximate surface area is 199 Å². The molecule has 33 heavy (non-hydrogen) atoms. The van der Waals surface area contributed by atoms with Crippen molar-refractivity contribution < 1.29 is 19.4 Å². The molecule has 3 fully saturated rings. The summed E-state index contributed by atoms with van der Waals surface area (Å²) in [4.78, 5) is 29.2. The molecule has 0 radical (unpaired) electrons. The number of carbonyl (C=O) groups excluding carboxylic acids is 2. The number of anilines is 1. The Morgan fingerprint density at radius 2 is 2.09 bits per heavy atom. The van der Waals surface area contributed by atoms with E-state index in [1.807, 2.05) is 6.92 Å². The lowest BCUT2D eigenvalue weighted by Crippen LogP contribution is -2.63. The van der Waals surface area contributed by atoms with Crippen LogP contribution in [-0.2, 0) is 14.3 Å². The minimum atomic E-state index is -0.672. The first-order chi connectivity index (χ1) is 15.5. The summed E-state index contributed by atoms with van der Waals surface area (Å²) < 4.78 is 6.18. The molecular weight excluding hydrogens is 440 g/mol. The number of ketones is 1. The van der Waals surface area contributed by atoms with Crippen molar-refractivity contribution in [2.45, 2.75) is 77.2 Å². The molecule has 8 nitrogen and oxygen atoms in total. The molecule has 1 heterocycles. The minimum Gasteiger partial charge on any atom is -0.461 e. The van der Waals surface area contributed by atoms with Gasteiger partial charge in [-0.15, -0.1) is 16.8 Å². The lowest BCUT2D eigenvalue weighted by atomic mass is 9.44. The van der Waals surface area contributed by atoms with Crippen molar-refractivity contribution in [3.63, 3.8) is 0 Å². The third kappa shape index (κ3) is 3.71. The van der Waals surface area contributed by atoms with Gasteiger partial charge in [-0.3, -0.25) is 9.59 Å². The van der Waals surface area contributed by atoms with Gasteiger partial charge in [0.25, 0.3) is 0 Å². The molecule has 4 N–H and O–H groups in total. The summed E-state index contributed by atoms with van der Waals surface area (Å²) in [5.41, 5.74) is 4.13. The van der Waals surface area contributed by atoms with Gasteiger partial charge in [0.15, 0.2) is 5.16 Å². The number of nitrogens with zero attached hydrogens (tertiary/aromatic N) is 2. The van der Waals surface area contributed by atoms with Gasteiger partial charge in [-0.2, -0.15) is 0 Å². The van der Waals surface area contributed by atoms with E-state index in [0.29, 0.717) is 18.0 Å². The maximum absolute atomic E-state index is 13.4. The minimum absolute atomic E-state index is 0.0448. The van der Waals surface area contributed by atoms with Crippen LogP contribution in [-0.4, -0.2) is 50.0 Å². The van der Waals surface area contributed by atoms with Crippen molar-refractivity contribution in [3.8, 4) is 0 Å². The predicted octanol–water partition coefficient (Wildman–Crippen LogP) is 3.39. The van der Waals surface area contributed by atoms with E-state index in [0.717, 1.165) is 19.3 Å². The lowest BCUT2D eigenvalue weighted by molar-refractivity contribution is -0.205. The highest BCUT2D eigenvalue weighted by Crippen LogP contribution is 2.68. The highest BCUT2D eigenvalue weighted by atomic mass is 32.2. The fourth-order valence-electron chi connectivity index (χ4n) is 7.15. The van der Waals surface area contributed by atoms with Crippen molar-refractivity contribution in [2.24, 2.45) is 34.0 Å². The molecule has 0 amide bonds. The van der Waals surface area contributed by atoms with Gasteiger partial charge in [0.05, 0.1) is 11.9 Å². The molecule has 182 valence electrons. The quantitative estimate of drug-likeness (QED) is 0.335. The SMILES string of the molecule is C=C[C@@]1(C)C[C@@H](OC(=O)CSc2nnc(N)[nH]2)[C@@]2(C)C3C(=O)CCC3(CC[C@H]2C)[C@@H](C)[C@@H]1O. The third-order valence-corrected chi connectivity index (χ3v) is 10.2. The van der Waals surface area contributed by atoms with Crippen LogP contribution in [0.5, 0.6) is 0 Å². The Morgan fingerprint density at radius 3 is 2.73 bits per heavy atom. The molecule has 8 atom stereocenters. The summed E-state index contributed by atoms with van der Waals surface area (Å²) in [5.74, 6) is 0.0231. The first-order valence-electron chi connectivity index (χ1n) is 11.8. The van der Waals surface area contributed by atoms with Crippen molar-refractivity contribution in [3.05, 3.63) is 12.7 Å². The van der Waals surface area contributed by atoms with Crippen LogP contribution in [0.3, 0.4) is 0 Å². The van der Waals surface area contributed by atoms with Gasteiger partial charge in [-0.1, -0.05) is 45.5 Å². The fourth-order valence-corrected chi connectivity index (χ4v) is 7.74. The van der Waals surface area contributed by atoms with E-state index in [1.165, 1.54) is 11.8 Å². The molecule has 3 saturated carbocycles. The van der Waals surface area contributed by atoms with E-state index in [9.17, 15) is 14.7 Å². The van der Waals surface area contributed by atoms with Crippen LogP contribution < -0.4 is 5.73 Å². The van der Waals surface area contributed by atoms with Gasteiger partial charge < -0.3 is 20.6 Å². The number of aromatic nitrogens is 3. The zero-order valence-corrected chi connectivity index (χ0v) is 20.8. The molecular formula is C24H36N4O4S. The number of carbonyl (C=O) groups is 2. The van der Waals surface area contributed by atoms with Crippen molar-refractivity contribution >= 4 is 29.5 Å². The molecule has 3 aliphatic rings. The first kappa shape index (κ1) is 24.3. The number of H-pyrrole nitrogens is 1. The van der Waals surface area contributed by atoms with Crippen LogP contribution >= 0.6 is 11.8 Å². The van der Waals surface area contributed by atoms with E-state index in [2.05, 4.69) is 42.5 Å². The zero-order valence-electron chi connectivity index (χ0n) is 20.0. The van der Waals surface area contributed by atoms with Crippen LogP contribution in [0, 0.1) is 34.0 Å². The summed E-state index contributed by atoms with van der Waals surface area (Å²) in [6.45, 7) is 12.4. The van der Waals surface area contributed by atoms with Gasteiger partial charge in [0, 0.05) is 23.2 Å². The van der Waals surface area contributed by atoms with E-state index >= 15 is 0 Å². The van der Waals surface area contributed by atoms with E-state index in [1.54, 1.807) is 6.08 Å². The second-order valence-corrected chi connectivity index (χ2v) is 11.8. The number of hydrogen-bond donors (Lipinski definition) is 3. The molecule has 0 aliphatic heterocycles. The largest absolute Gasteiger partial charge is 0.461 e. The summed E-state index contributed by atoms with van der Waals surface area (Å²) in [5, 5.41) is 19.6. The fraction of sp³-hybridized carbons (Fsp3) is 0.750. The number of hydrogen-bond acceptors (Lipinski definition) is 8.